The van der Waals surface area contributed by atoms with Gasteiger partial charge < -0.3 is 10.5 Å². The van der Waals surface area contributed by atoms with Crippen molar-refractivity contribution in [3.8, 4) is 0 Å². The highest BCUT2D eigenvalue weighted by Gasteiger charge is 2.19. The van der Waals surface area contributed by atoms with Crippen molar-refractivity contribution in [2.75, 3.05) is 26.2 Å². The van der Waals surface area contributed by atoms with E-state index in [1.807, 2.05) is 0 Å². The molecule has 1 aromatic rings. The third-order valence-electron chi connectivity index (χ3n) is 2.49. The molecule has 2 rings (SSSR count). The summed E-state index contributed by atoms with van der Waals surface area (Å²) in [6, 6.07) is 2.18. The molecule has 1 saturated heterocycles. The minimum absolute atomic E-state index is 0. The Hall–Kier alpha value is 0.350. The SMILES string of the molecule is Cl.NCC1CN(Cc2cc(Br)cs2)CCO1. The minimum Gasteiger partial charge on any atom is -0.374 e. The Morgan fingerprint density at radius 3 is 3.06 bits per heavy atom. The molecule has 0 saturated carbocycles. The van der Waals surface area contributed by atoms with E-state index >= 15 is 0 Å². The molecule has 0 amide bonds. The third-order valence-corrected chi connectivity index (χ3v) is 4.17. The number of hydrogen-bond acceptors (Lipinski definition) is 4. The van der Waals surface area contributed by atoms with Gasteiger partial charge in [0, 0.05) is 40.9 Å². The maximum Gasteiger partial charge on any atom is 0.0824 e. The fourth-order valence-electron chi connectivity index (χ4n) is 1.72. The van der Waals surface area contributed by atoms with Crippen molar-refractivity contribution >= 4 is 39.7 Å². The van der Waals surface area contributed by atoms with Gasteiger partial charge in [0.05, 0.1) is 12.7 Å². The summed E-state index contributed by atoms with van der Waals surface area (Å²) >= 11 is 5.26. The topological polar surface area (TPSA) is 38.5 Å². The fraction of sp³-hybridized carbons (Fsp3) is 0.600. The van der Waals surface area contributed by atoms with E-state index in [0.29, 0.717) is 6.54 Å². The zero-order chi connectivity index (χ0) is 10.7. The lowest BCUT2D eigenvalue weighted by atomic mass is 10.2. The number of hydrogen-bond donors (Lipinski definition) is 1. The van der Waals surface area contributed by atoms with Gasteiger partial charge in [-0.1, -0.05) is 0 Å². The summed E-state index contributed by atoms with van der Waals surface area (Å²) in [7, 11) is 0. The van der Waals surface area contributed by atoms with E-state index in [-0.39, 0.29) is 18.5 Å². The molecule has 6 heteroatoms. The van der Waals surface area contributed by atoms with Crippen molar-refractivity contribution in [1.82, 2.24) is 4.90 Å². The van der Waals surface area contributed by atoms with Gasteiger partial charge in [0.2, 0.25) is 0 Å². The highest BCUT2D eigenvalue weighted by Crippen LogP contribution is 2.21. The summed E-state index contributed by atoms with van der Waals surface area (Å²) in [6.45, 7) is 4.38. The first-order chi connectivity index (χ1) is 7.28. The molecule has 2 N–H and O–H groups in total. The predicted molar refractivity (Wildman–Crippen MR) is 73.3 cm³/mol. The van der Waals surface area contributed by atoms with Gasteiger partial charge in [0.15, 0.2) is 0 Å². The molecule has 2 heterocycles. The van der Waals surface area contributed by atoms with Crippen LogP contribution >= 0.6 is 39.7 Å². The molecule has 0 aromatic carbocycles. The van der Waals surface area contributed by atoms with E-state index in [9.17, 15) is 0 Å². The third kappa shape index (κ3) is 3.98. The van der Waals surface area contributed by atoms with E-state index in [1.165, 1.54) is 9.35 Å². The highest BCUT2D eigenvalue weighted by molar-refractivity contribution is 9.10. The average Bonchev–Trinajstić information content (AvgIpc) is 2.64. The Balaban J connectivity index is 0.00000128. The smallest absolute Gasteiger partial charge is 0.0824 e. The number of thiophene rings is 1. The quantitative estimate of drug-likeness (QED) is 0.924. The van der Waals surface area contributed by atoms with Crippen LogP contribution in [0.15, 0.2) is 15.9 Å². The molecule has 16 heavy (non-hydrogen) atoms. The van der Waals surface area contributed by atoms with Crippen LogP contribution in [0.4, 0.5) is 0 Å². The van der Waals surface area contributed by atoms with Gasteiger partial charge >= 0.3 is 0 Å². The standard InChI is InChI=1S/C10H15BrN2OS.ClH/c11-8-3-10(15-7-8)6-13-1-2-14-9(4-12)5-13;/h3,7,9H,1-2,4-6,12H2;1H. The van der Waals surface area contributed by atoms with Crippen LogP contribution in [0.3, 0.4) is 0 Å². The minimum atomic E-state index is 0. The zero-order valence-electron chi connectivity index (χ0n) is 8.89. The van der Waals surface area contributed by atoms with Crippen molar-refractivity contribution in [3.05, 3.63) is 20.8 Å². The lowest BCUT2D eigenvalue weighted by Crippen LogP contribution is -2.44. The molecule has 0 bridgehead atoms. The van der Waals surface area contributed by atoms with Crippen LogP contribution in [-0.2, 0) is 11.3 Å². The molecule has 1 aromatic heterocycles. The fourth-order valence-corrected chi connectivity index (χ4v) is 3.22. The van der Waals surface area contributed by atoms with Crippen LogP contribution in [0.5, 0.6) is 0 Å². The van der Waals surface area contributed by atoms with Gasteiger partial charge in [-0.3, -0.25) is 4.90 Å². The van der Waals surface area contributed by atoms with E-state index in [0.717, 1.165) is 26.2 Å². The van der Waals surface area contributed by atoms with Gasteiger partial charge in [-0.25, -0.2) is 0 Å². The van der Waals surface area contributed by atoms with Crippen LogP contribution in [-0.4, -0.2) is 37.2 Å². The Morgan fingerprint density at radius 2 is 2.44 bits per heavy atom. The first-order valence-corrected chi connectivity index (χ1v) is 6.72. The van der Waals surface area contributed by atoms with Crippen LogP contribution < -0.4 is 5.73 Å². The Kier molecular flexibility index (Phi) is 6.25. The van der Waals surface area contributed by atoms with E-state index < -0.39 is 0 Å². The highest BCUT2D eigenvalue weighted by atomic mass is 79.9. The molecule has 92 valence electrons. The van der Waals surface area contributed by atoms with Gasteiger partial charge in [-0.2, -0.15) is 0 Å². The predicted octanol–water partition coefficient (Wildman–Crippen LogP) is 2.09. The average molecular weight is 328 g/mol. The Labute approximate surface area is 114 Å². The summed E-state index contributed by atoms with van der Waals surface area (Å²) in [4.78, 5) is 3.79. The van der Waals surface area contributed by atoms with Crippen molar-refractivity contribution in [1.29, 1.82) is 0 Å². The van der Waals surface area contributed by atoms with Crippen molar-refractivity contribution < 1.29 is 4.74 Å². The number of nitrogens with two attached hydrogens (primary N) is 1. The molecule has 0 radical (unpaired) electrons. The molecule has 1 atom stereocenters. The van der Waals surface area contributed by atoms with Gasteiger partial charge in [-0.15, -0.1) is 23.7 Å². The zero-order valence-corrected chi connectivity index (χ0v) is 12.1. The molecule has 0 spiro atoms. The van der Waals surface area contributed by atoms with Gasteiger partial charge in [0.1, 0.15) is 0 Å². The van der Waals surface area contributed by atoms with Gasteiger partial charge in [0.25, 0.3) is 0 Å². The molecule has 1 aliphatic heterocycles. The summed E-state index contributed by atoms with van der Waals surface area (Å²) in [5, 5.41) is 2.12. The molecular formula is C10H16BrClN2OS. The first kappa shape index (κ1) is 14.4. The van der Waals surface area contributed by atoms with E-state index in [4.69, 9.17) is 10.5 Å². The normalized spacial score (nSPS) is 21.8. The summed E-state index contributed by atoms with van der Waals surface area (Å²) in [5.74, 6) is 0. The number of halogens is 2. The van der Waals surface area contributed by atoms with E-state index in [1.54, 1.807) is 11.3 Å². The largest absolute Gasteiger partial charge is 0.374 e. The van der Waals surface area contributed by atoms with E-state index in [2.05, 4.69) is 32.3 Å². The Bertz CT molecular complexity index is 324. The van der Waals surface area contributed by atoms with Crippen molar-refractivity contribution in [2.45, 2.75) is 12.6 Å². The maximum atomic E-state index is 5.61. The van der Waals surface area contributed by atoms with Crippen molar-refractivity contribution in [3.63, 3.8) is 0 Å². The molecule has 1 fully saturated rings. The molecule has 1 unspecified atom stereocenters. The lowest BCUT2D eigenvalue weighted by molar-refractivity contribution is -0.0257. The van der Waals surface area contributed by atoms with Crippen molar-refractivity contribution in [2.24, 2.45) is 5.73 Å². The number of morpholine rings is 1. The van der Waals surface area contributed by atoms with Crippen LogP contribution in [0.2, 0.25) is 0 Å². The second-order valence-corrected chi connectivity index (χ2v) is 5.61. The Morgan fingerprint density at radius 1 is 1.62 bits per heavy atom. The molecular weight excluding hydrogens is 312 g/mol. The first-order valence-electron chi connectivity index (χ1n) is 5.05. The lowest BCUT2D eigenvalue weighted by Gasteiger charge is -2.31. The summed E-state index contributed by atoms with van der Waals surface area (Å²) in [5.41, 5.74) is 5.61. The maximum absolute atomic E-state index is 5.61. The van der Waals surface area contributed by atoms with Crippen LogP contribution in [0, 0.1) is 0 Å². The second kappa shape index (κ2) is 6.93. The molecule has 1 aliphatic rings. The van der Waals surface area contributed by atoms with Crippen LogP contribution in [0.1, 0.15) is 4.88 Å². The second-order valence-electron chi connectivity index (χ2n) is 3.69. The summed E-state index contributed by atoms with van der Waals surface area (Å²) < 4.78 is 6.70. The van der Waals surface area contributed by atoms with Crippen LogP contribution in [0.25, 0.3) is 0 Å². The number of nitrogens with zero attached hydrogens (tertiary/aromatic N) is 1. The molecule has 3 nitrogen and oxygen atoms in total. The monoisotopic (exact) mass is 326 g/mol. The summed E-state index contributed by atoms with van der Waals surface area (Å²) in [6.07, 6.45) is 0.210. The number of ether oxygens (including phenoxy) is 1. The molecule has 0 aliphatic carbocycles. The van der Waals surface area contributed by atoms with Gasteiger partial charge in [-0.05, 0) is 22.0 Å². The number of rotatable bonds is 3.